The lowest BCUT2D eigenvalue weighted by atomic mass is 9.99. The van der Waals surface area contributed by atoms with Crippen LogP contribution >= 0.6 is 0 Å². The van der Waals surface area contributed by atoms with E-state index in [-0.39, 0.29) is 12.5 Å². The largest absolute Gasteiger partial charge is 0.394 e. The van der Waals surface area contributed by atoms with Crippen LogP contribution in [-0.2, 0) is 14.3 Å². The van der Waals surface area contributed by atoms with E-state index in [2.05, 4.69) is 31.3 Å². The van der Waals surface area contributed by atoms with Gasteiger partial charge in [-0.25, -0.2) is 0 Å². The van der Waals surface area contributed by atoms with Crippen molar-refractivity contribution in [2.75, 3.05) is 13.2 Å². The molecule has 1 saturated heterocycles. The summed E-state index contributed by atoms with van der Waals surface area (Å²) in [5, 5.41) is 54.3. The fourth-order valence-corrected chi connectivity index (χ4v) is 7.21. The van der Waals surface area contributed by atoms with Gasteiger partial charge < -0.3 is 40.3 Å². The van der Waals surface area contributed by atoms with Crippen molar-refractivity contribution in [1.82, 2.24) is 5.32 Å². The maximum Gasteiger partial charge on any atom is 0.220 e. The van der Waals surface area contributed by atoms with Crippen LogP contribution in [0, 0.1) is 0 Å². The molecule has 6 N–H and O–H groups in total. The monoisotopic (exact) mass is 756 g/mol. The lowest BCUT2D eigenvalue weighted by Gasteiger charge is -2.40. The molecule has 9 heteroatoms. The quantitative estimate of drug-likeness (QED) is 0.0272. The van der Waals surface area contributed by atoms with Crippen LogP contribution in [0.2, 0.25) is 0 Å². The Balaban J connectivity index is 2.35. The molecule has 1 heterocycles. The summed E-state index contributed by atoms with van der Waals surface area (Å²) in [5.41, 5.74) is 0. The predicted molar refractivity (Wildman–Crippen MR) is 217 cm³/mol. The van der Waals surface area contributed by atoms with E-state index in [1.165, 1.54) is 128 Å². The number of hydrogen-bond acceptors (Lipinski definition) is 8. The van der Waals surface area contributed by atoms with Crippen LogP contribution in [0.1, 0.15) is 206 Å². The fraction of sp³-hybridized carbons (Fsp3) is 0.932. The molecule has 0 aromatic rings. The third kappa shape index (κ3) is 26.4. The summed E-state index contributed by atoms with van der Waals surface area (Å²) in [6, 6.07) is -0.718. The van der Waals surface area contributed by atoms with Crippen LogP contribution < -0.4 is 5.32 Å². The number of aliphatic hydroxyl groups excluding tert-OH is 5. The summed E-state index contributed by atoms with van der Waals surface area (Å²) in [6.07, 6.45) is 32.1. The van der Waals surface area contributed by atoms with Gasteiger partial charge in [-0.3, -0.25) is 4.79 Å². The summed E-state index contributed by atoms with van der Waals surface area (Å²) in [5.74, 6) is -0.152. The molecule has 0 saturated carbocycles. The van der Waals surface area contributed by atoms with Crippen LogP contribution in [0.5, 0.6) is 0 Å². The van der Waals surface area contributed by atoms with E-state index in [4.69, 9.17) is 9.47 Å². The van der Waals surface area contributed by atoms with E-state index < -0.39 is 49.5 Å². The summed E-state index contributed by atoms with van der Waals surface area (Å²) in [6.45, 7) is 3.82. The van der Waals surface area contributed by atoms with E-state index in [1.54, 1.807) is 0 Å². The van der Waals surface area contributed by atoms with Crippen molar-refractivity contribution < 1.29 is 39.8 Å². The van der Waals surface area contributed by atoms with Gasteiger partial charge in [0.1, 0.15) is 24.4 Å². The molecule has 7 atom stereocenters. The number of allylic oxidation sites excluding steroid dienone is 2. The minimum Gasteiger partial charge on any atom is -0.394 e. The van der Waals surface area contributed by atoms with Crippen LogP contribution in [-0.4, -0.2) is 87.5 Å². The Bertz CT molecular complexity index is 842. The highest BCUT2D eigenvalue weighted by Crippen LogP contribution is 2.23. The van der Waals surface area contributed by atoms with Crippen molar-refractivity contribution in [3.63, 3.8) is 0 Å². The molecule has 0 radical (unpaired) electrons. The Hall–Kier alpha value is -1.07. The number of aliphatic hydroxyl groups is 5. The van der Waals surface area contributed by atoms with E-state index in [0.717, 1.165) is 51.4 Å². The normalized spacial score (nSPS) is 21.7. The second-order valence-corrected chi connectivity index (χ2v) is 15.8. The lowest BCUT2D eigenvalue weighted by molar-refractivity contribution is -0.302. The highest BCUT2D eigenvalue weighted by atomic mass is 16.7. The van der Waals surface area contributed by atoms with Gasteiger partial charge in [0.15, 0.2) is 6.29 Å². The summed E-state index contributed by atoms with van der Waals surface area (Å²) in [4.78, 5) is 12.9. The molecule has 0 spiro atoms. The summed E-state index contributed by atoms with van der Waals surface area (Å²) >= 11 is 0. The minimum atomic E-state index is -1.55. The zero-order valence-electron chi connectivity index (χ0n) is 34.3. The van der Waals surface area contributed by atoms with E-state index in [1.807, 2.05) is 0 Å². The molecule has 0 bridgehead atoms. The van der Waals surface area contributed by atoms with Crippen LogP contribution in [0.4, 0.5) is 0 Å². The molecule has 0 aromatic carbocycles. The molecule has 1 amide bonds. The van der Waals surface area contributed by atoms with Crippen molar-refractivity contribution in [2.24, 2.45) is 0 Å². The second-order valence-electron chi connectivity index (χ2n) is 15.8. The van der Waals surface area contributed by atoms with Crippen molar-refractivity contribution in [3.8, 4) is 0 Å². The Labute approximate surface area is 325 Å². The van der Waals surface area contributed by atoms with Gasteiger partial charge in [0.25, 0.3) is 0 Å². The molecule has 1 aliphatic rings. The number of nitrogens with one attached hydrogen (secondary N) is 1. The Morgan fingerprint density at radius 1 is 0.623 bits per heavy atom. The highest BCUT2D eigenvalue weighted by molar-refractivity contribution is 5.76. The average Bonchev–Trinajstić information content (AvgIpc) is 3.16. The molecule has 0 aromatic heterocycles. The number of hydrogen-bond donors (Lipinski definition) is 6. The number of carbonyl (C=O) groups excluding carboxylic acids is 1. The van der Waals surface area contributed by atoms with Gasteiger partial charge in [-0.2, -0.15) is 0 Å². The smallest absolute Gasteiger partial charge is 0.220 e. The third-order valence-corrected chi connectivity index (χ3v) is 10.9. The minimum absolute atomic E-state index is 0.138. The van der Waals surface area contributed by atoms with Gasteiger partial charge >= 0.3 is 0 Å². The number of amides is 1. The second kappa shape index (κ2) is 35.4. The van der Waals surface area contributed by atoms with Gasteiger partial charge in [0.2, 0.25) is 5.91 Å². The number of rotatable bonds is 37. The van der Waals surface area contributed by atoms with E-state index in [9.17, 15) is 30.3 Å². The SMILES string of the molecule is CCCCCCCC/C=C/CCCCCCCC(=O)N[C@@H](CO[C@@H]1O[C@H](CO)[C@@H](O)C(O)C1O)[C@H](O)CCCCCCCCCCCCCCCCC. The number of unbranched alkanes of at least 4 members (excludes halogenated alkanes) is 25. The third-order valence-electron chi connectivity index (χ3n) is 10.9. The standard InChI is InChI=1S/C44H85NO8/c1-3-5-7-9-11-13-15-17-19-21-23-25-27-29-31-33-38(47)37(36-52-44-43(51)42(50)41(49)39(35-46)53-44)45-40(48)34-32-30-28-26-24-22-20-18-16-14-12-10-8-6-4-2/h18,20,37-39,41-44,46-47,49-51H,3-17,19,21-36H2,1-2H3,(H,45,48)/b20-18+/t37-,38+,39+,41+,42?,43?,44+/m0/s1. The van der Waals surface area contributed by atoms with Gasteiger partial charge in [-0.15, -0.1) is 0 Å². The van der Waals surface area contributed by atoms with Crippen molar-refractivity contribution in [1.29, 1.82) is 0 Å². The van der Waals surface area contributed by atoms with Crippen molar-refractivity contribution in [2.45, 2.75) is 249 Å². The summed E-state index contributed by atoms with van der Waals surface area (Å²) in [7, 11) is 0. The van der Waals surface area contributed by atoms with E-state index in [0.29, 0.717) is 12.8 Å². The maximum atomic E-state index is 12.9. The zero-order valence-corrected chi connectivity index (χ0v) is 34.3. The first-order valence-electron chi connectivity index (χ1n) is 22.4. The van der Waals surface area contributed by atoms with Gasteiger partial charge in [-0.1, -0.05) is 174 Å². The molecule has 9 nitrogen and oxygen atoms in total. The van der Waals surface area contributed by atoms with Gasteiger partial charge in [0.05, 0.1) is 25.4 Å². The molecule has 1 fully saturated rings. The average molecular weight is 756 g/mol. The van der Waals surface area contributed by atoms with Crippen LogP contribution in [0.25, 0.3) is 0 Å². The molecule has 53 heavy (non-hydrogen) atoms. The van der Waals surface area contributed by atoms with Crippen molar-refractivity contribution in [3.05, 3.63) is 12.2 Å². The first-order chi connectivity index (χ1) is 25.8. The molecule has 314 valence electrons. The predicted octanol–water partition coefficient (Wildman–Crippen LogP) is 8.95. The fourth-order valence-electron chi connectivity index (χ4n) is 7.21. The molecular weight excluding hydrogens is 670 g/mol. The van der Waals surface area contributed by atoms with Crippen LogP contribution in [0.15, 0.2) is 12.2 Å². The molecule has 1 rings (SSSR count). The Kier molecular flexibility index (Phi) is 33.3. The number of carbonyl (C=O) groups is 1. The number of ether oxygens (including phenoxy) is 2. The molecule has 2 unspecified atom stereocenters. The van der Waals surface area contributed by atoms with Gasteiger partial charge in [0, 0.05) is 6.42 Å². The summed E-state index contributed by atoms with van der Waals surface area (Å²) < 4.78 is 11.2. The first-order valence-corrected chi connectivity index (χ1v) is 22.4. The Morgan fingerprint density at radius 2 is 1.06 bits per heavy atom. The zero-order chi connectivity index (χ0) is 38.8. The van der Waals surface area contributed by atoms with Crippen LogP contribution in [0.3, 0.4) is 0 Å². The molecule has 1 aliphatic heterocycles. The van der Waals surface area contributed by atoms with Gasteiger partial charge in [-0.05, 0) is 38.5 Å². The topological polar surface area (TPSA) is 149 Å². The molecular formula is C44H85NO8. The Morgan fingerprint density at radius 3 is 1.53 bits per heavy atom. The molecule has 0 aliphatic carbocycles. The van der Waals surface area contributed by atoms with E-state index >= 15 is 0 Å². The first kappa shape index (κ1) is 49.9. The highest BCUT2D eigenvalue weighted by Gasteiger charge is 2.44. The van der Waals surface area contributed by atoms with Crippen molar-refractivity contribution >= 4 is 5.91 Å². The lowest BCUT2D eigenvalue weighted by Crippen LogP contribution is -2.60. The maximum absolute atomic E-state index is 12.9.